The van der Waals surface area contributed by atoms with E-state index < -0.39 is 0 Å². The molecule has 0 fully saturated rings. The molecule has 0 aromatic heterocycles. The van der Waals surface area contributed by atoms with Gasteiger partial charge >= 0.3 is 0 Å². The smallest absolute Gasteiger partial charge is 0 e. The molecule has 0 bridgehead atoms. The minimum absolute atomic E-state index is 0. The molecule has 0 nitrogen and oxygen atoms in total. The van der Waals surface area contributed by atoms with E-state index in [1.54, 1.807) is 0 Å². The monoisotopic (exact) mass is 509 g/mol. The van der Waals surface area contributed by atoms with Crippen molar-refractivity contribution < 1.29 is 55.3 Å². The molecule has 10 heavy (non-hydrogen) atoms. The van der Waals surface area contributed by atoms with Crippen LogP contribution in [0.4, 0.5) is 0 Å². The van der Waals surface area contributed by atoms with Gasteiger partial charge in [-0.25, -0.2) is 0 Å². The number of hydrogen-bond donors (Lipinski definition) is 0. The SMILES string of the molecule is CCc1cc[c]cc1.[Hg].[Hg]. The number of benzene rings is 1. The summed E-state index contributed by atoms with van der Waals surface area (Å²) in [5, 5.41) is 0. The Balaban J connectivity index is 0. The van der Waals surface area contributed by atoms with Crippen LogP contribution in [-0.2, 0) is 61.8 Å². The molecule has 0 saturated carbocycles. The fourth-order valence-corrected chi connectivity index (χ4v) is 0.657. The first-order valence-electron chi connectivity index (χ1n) is 2.88. The van der Waals surface area contributed by atoms with Crippen molar-refractivity contribution >= 4 is 0 Å². The second-order valence-corrected chi connectivity index (χ2v) is 1.76. The van der Waals surface area contributed by atoms with Gasteiger partial charge in [0.2, 0.25) is 0 Å². The predicted octanol–water partition coefficient (Wildman–Crippen LogP) is 2.04. The van der Waals surface area contributed by atoms with Crippen molar-refractivity contribution in [1.82, 2.24) is 0 Å². The Labute approximate surface area is 103 Å². The van der Waals surface area contributed by atoms with E-state index in [-0.39, 0.29) is 55.3 Å². The van der Waals surface area contributed by atoms with E-state index in [2.05, 4.69) is 25.1 Å². The van der Waals surface area contributed by atoms with Crippen LogP contribution in [0.1, 0.15) is 12.5 Å². The number of hydrogen-bond acceptors (Lipinski definition) is 0. The summed E-state index contributed by atoms with van der Waals surface area (Å²) < 4.78 is 0. The van der Waals surface area contributed by atoms with Gasteiger partial charge in [0.1, 0.15) is 0 Å². The third-order valence-electron chi connectivity index (χ3n) is 1.20. The van der Waals surface area contributed by atoms with Crippen molar-refractivity contribution in [2.24, 2.45) is 0 Å². The van der Waals surface area contributed by atoms with Crippen LogP contribution in [-0.4, -0.2) is 0 Å². The number of aryl methyl sites for hydroxylation is 1. The summed E-state index contributed by atoms with van der Waals surface area (Å²) in [4.78, 5) is 0. The van der Waals surface area contributed by atoms with Crippen LogP contribution in [0.2, 0.25) is 0 Å². The van der Waals surface area contributed by atoms with Crippen molar-refractivity contribution in [1.29, 1.82) is 0 Å². The molecule has 0 aliphatic heterocycles. The maximum Gasteiger partial charge on any atom is 0 e. The molecule has 0 saturated heterocycles. The van der Waals surface area contributed by atoms with Crippen LogP contribution in [0, 0.1) is 6.07 Å². The van der Waals surface area contributed by atoms with E-state index in [9.17, 15) is 0 Å². The van der Waals surface area contributed by atoms with Crippen LogP contribution in [0.5, 0.6) is 0 Å². The molecule has 0 amide bonds. The molecule has 1 rings (SSSR count). The van der Waals surface area contributed by atoms with Crippen molar-refractivity contribution in [2.75, 3.05) is 0 Å². The predicted molar refractivity (Wildman–Crippen MR) is 34.7 cm³/mol. The number of rotatable bonds is 1. The Morgan fingerprint density at radius 3 is 2.00 bits per heavy atom. The Morgan fingerprint density at radius 2 is 1.70 bits per heavy atom. The second-order valence-electron chi connectivity index (χ2n) is 1.76. The van der Waals surface area contributed by atoms with E-state index in [0.717, 1.165) is 6.42 Å². The molecular formula is C8H9Hg2. The molecule has 0 N–H and O–H groups in total. The maximum atomic E-state index is 2.97. The van der Waals surface area contributed by atoms with Gasteiger partial charge in [-0.15, -0.1) is 0 Å². The first-order chi connectivity index (χ1) is 3.93. The average molecular weight is 506 g/mol. The Bertz CT molecular complexity index is 149. The first kappa shape index (κ1) is 13.7. The Hall–Kier alpha value is 1.09. The van der Waals surface area contributed by atoms with Gasteiger partial charge in [-0.05, 0) is 18.1 Å². The minimum atomic E-state index is 0. The van der Waals surface area contributed by atoms with E-state index in [4.69, 9.17) is 0 Å². The average Bonchev–Trinajstić information content (AvgIpc) is 1.90. The third kappa shape index (κ3) is 4.84. The topological polar surface area (TPSA) is 0 Å². The van der Waals surface area contributed by atoms with Gasteiger partial charge in [-0.1, -0.05) is 31.2 Å². The maximum absolute atomic E-state index is 2.97. The van der Waals surface area contributed by atoms with Gasteiger partial charge in [0.25, 0.3) is 0 Å². The van der Waals surface area contributed by atoms with Crippen LogP contribution in [0.25, 0.3) is 0 Å². The third-order valence-corrected chi connectivity index (χ3v) is 1.20. The van der Waals surface area contributed by atoms with E-state index in [0.29, 0.717) is 0 Å². The van der Waals surface area contributed by atoms with Crippen molar-refractivity contribution in [3.05, 3.63) is 35.9 Å². The summed E-state index contributed by atoms with van der Waals surface area (Å²) in [5.41, 5.74) is 1.38. The van der Waals surface area contributed by atoms with Gasteiger partial charge in [0.15, 0.2) is 0 Å². The molecule has 2 heteroatoms. The van der Waals surface area contributed by atoms with E-state index >= 15 is 0 Å². The van der Waals surface area contributed by atoms with Gasteiger partial charge in [-0.3, -0.25) is 0 Å². The Morgan fingerprint density at radius 1 is 1.20 bits per heavy atom. The molecule has 0 atom stereocenters. The van der Waals surface area contributed by atoms with Gasteiger partial charge in [0, 0.05) is 55.3 Å². The quantitative estimate of drug-likeness (QED) is 0.512. The summed E-state index contributed by atoms with van der Waals surface area (Å²) >= 11 is 0. The van der Waals surface area contributed by atoms with Crippen LogP contribution < -0.4 is 0 Å². The van der Waals surface area contributed by atoms with E-state index in [1.807, 2.05) is 12.1 Å². The van der Waals surface area contributed by atoms with Crippen LogP contribution in [0.15, 0.2) is 24.3 Å². The van der Waals surface area contributed by atoms with Gasteiger partial charge < -0.3 is 0 Å². The molecule has 1 radical (unpaired) electrons. The zero-order chi connectivity index (χ0) is 5.82. The van der Waals surface area contributed by atoms with Gasteiger partial charge in [-0.2, -0.15) is 0 Å². The van der Waals surface area contributed by atoms with Crippen LogP contribution in [0.3, 0.4) is 0 Å². The van der Waals surface area contributed by atoms with Crippen molar-refractivity contribution in [2.45, 2.75) is 13.3 Å². The van der Waals surface area contributed by atoms with Crippen molar-refractivity contribution in [3.8, 4) is 0 Å². The summed E-state index contributed by atoms with van der Waals surface area (Å²) in [7, 11) is 0. The Kier molecular flexibility index (Phi) is 11.2. The van der Waals surface area contributed by atoms with Gasteiger partial charge in [0.05, 0.1) is 0 Å². The normalized spacial score (nSPS) is 7.30. The van der Waals surface area contributed by atoms with Crippen molar-refractivity contribution in [3.63, 3.8) is 0 Å². The molecular weight excluding hydrogens is 497 g/mol. The molecule has 0 spiro atoms. The first-order valence-corrected chi connectivity index (χ1v) is 2.88. The fourth-order valence-electron chi connectivity index (χ4n) is 0.657. The molecule has 45 valence electrons. The fraction of sp³-hybridized carbons (Fsp3) is 0.250. The zero-order valence-electron chi connectivity index (χ0n) is 6.43. The molecule has 1 aromatic rings. The second kappa shape index (κ2) is 8.19. The molecule has 0 unspecified atom stereocenters. The summed E-state index contributed by atoms with van der Waals surface area (Å²) in [6, 6.07) is 11.0. The summed E-state index contributed by atoms with van der Waals surface area (Å²) in [6.07, 6.45) is 1.12. The molecule has 0 aliphatic carbocycles. The van der Waals surface area contributed by atoms with Crippen LogP contribution >= 0.6 is 0 Å². The molecule has 0 aliphatic rings. The zero-order valence-corrected chi connectivity index (χ0v) is 17.4. The van der Waals surface area contributed by atoms with E-state index in [1.165, 1.54) is 5.56 Å². The summed E-state index contributed by atoms with van der Waals surface area (Å²) in [5.74, 6) is 0. The summed E-state index contributed by atoms with van der Waals surface area (Å²) in [6.45, 7) is 2.15. The molecule has 0 heterocycles. The largest absolute Gasteiger partial charge is 0.0613 e. The minimum Gasteiger partial charge on any atom is -0.0613 e. The molecule has 1 aromatic carbocycles. The standard InChI is InChI=1S/C8H9.2Hg/c1-2-8-6-4-3-5-7-8;;/h4-7H,2H2,1H3;;.